The van der Waals surface area contributed by atoms with E-state index in [9.17, 15) is 4.79 Å². The van der Waals surface area contributed by atoms with Crippen LogP contribution in [0, 0.1) is 17.8 Å². The van der Waals surface area contributed by atoms with Gasteiger partial charge in [0.1, 0.15) is 0 Å². The van der Waals surface area contributed by atoms with Gasteiger partial charge in [0.25, 0.3) is 0 Å². The molecule has 1 aromatic rings. The Morgan fingerprint density at radius 1 is 1.27 bits per heavy atom. The summed E-state index contributed by atoms with van der Waals surface area (Å²) in [6.45, 7) is 6.80. The van der Waals surface area contributed by atoms with Crippen molar-refractivity contribution in [2.24, 2.45) is 5.92 Å². The molecule has 22 heavy (non-hydrogen) atoms. The number of hydrogen-bond donors (Lipinski definition) is 1. The van der Waals surface area contributed by atoms with Crippen molar-refractivity contribution >= 4 is 17.7 Å². The van der Waals surface area contributed by atoms with Gasteiger partial charge in [-0.3, -0.25) is 4.90 Å². The number of rotatable bonds is 2. The van der Waals surface area contributed by atoms with Crippen LogP contribution in [-0.4, -0.2) is 53.2 Å². The van der Waals surface area contributed by atoms with E-state index in [2.05, 4.69) is 30.6 Å². The van der Waals surface area contributed by atoms with Gasteiger partial charge in [0.2, 0.25) is 0 Å². The number of benzene rings is 1. The smallest absolute Gasteiger partial charge is 0.407 e. The number of carbonyl (C=O) groups is 1. The second-order valence-electron chi connectivity index (χ2n) is 5.77. The minimum absolute atomic E-state index is 0.120. The quantitative estimate of drug-likeness (QED) is 0.852. The van der Waals surface area contributed by atoms with Gasteiger partial charge < -0.3 is 10.0 Å². The summed E-state index contributed by atoms with van der Waals surface area (Å²) < 4.78 is 0. The standard InChI is InChI=1S/C17H21ClN2O2/c1-13(2)16(7-6-14-4-3-5-15(18)12-14)19-8-10-20(11-9-19)17(21)22/h3-5,12-13,16H,8-11H2,1-2H3,(H,21,22). The molecule has 118 valence electrons. The summed E-state index contributed by atoms with van der Waals surface area (Å²) in [5.41, 5.74) is 0.905. The Morgan fingerprint density at radius 2 is 1.95 bits per heavy atom. The van der Waals surface area contributed by atoms with E-state index in [1.54, 1.807) is 0 Å². The van der Waals surface area contributed by atoms with E-state index in [1.165, 1.54) is 4.90 Å². The van der Waals surface area contributed by atoms with Crippen molar-refractivity contribution in [2.75, 3.05) is 26.2 Å². The van der Waals surface area contributed by atoms with Gasteiger partial charge in [-0.05, 0) is 24.1 Å². The molecule has 0 aromatic heterocycles. The van der Waals surface area contributed by atoms with Crippen LogP contribution in [0.15, 0.2) is 24.3 Å². The normalized spacial score (nSPS) is 17.0. The highest BCUT2D eigenvalue weighted by Gasteiger charge is 2.26. The predicted octanol–water partition coefficient (Wildman–Crippen LogP) is 3.01. The van der Waals surface area contributed by atoms with Crippen LogP contribution in [0.1, 0.15) is 19.4 Å². The molecule has 1 fully saturated rings. The maximum absolute atomic E-state index is 11.0. The number of piperazine rings is 1. The Labute approximate surface area is 136 Å². The van der Waals surface area contributed by atoms with E-state index in [-0.39, 0.29) is 6.04 Å². The summed E-state index contributed by atoms with van der Waals surface area (Å²) in [6.07, 6.45) is -0.842. The van der Waals surface area contributed by atoms with Gasteiger partial charge in [0, 0.05) is 36.8 Å². The lowest BCUT2D eigenvalue weighted by Crippen LogP contribution is -2.52. The molecular formula is C17H21ClN2O2. The molecular weight excluding hydrogens is 300 g/mol. The first kappa shape index (κ1) is 16.7. The first-order chi connectivity index (χ1) is 10.5. The molecule has 0 aliphatic carbocycles. The first-order valence-corrected chi connectivity index (χ1v) is 7.84. The third-order valence-electron chi connectivity index (χ3n) is 3.80. The van der Waals surface area contributed by atoms with Crippen LogP contribution in [0.5, 0.6) is 0 Å². The third kappa shape index (κ3) is 4.40. The molecule has 0 radical (unpaired) electrons. The van der Waals surface area contributed by atoms with Gasteiger partial charge in [-0.15, -0.1) is 0 Å². The molecule has 1 heterocycles. The predicted molar refractivity (Wildman–Crippen MR) is 88.1 cm³/mol. The molecule has 4 nitrogen and oxygen atoms in total. The third-order valence-corrected chi connectivity index (χ3v) is 4.03. The number of halogens is 1. The summed E-state index contributed by atoms with van der Waals surface area (Å²) in [5.74, 6) is 6.90. The van der Waals surface area contributed by atoms with Gasteiger partial charge in [-0.1, -0.05) is 43.4 Å². The molecule has 1 saturated heterocycles. The monoisotopic (exact) mass is 320 g/mol. The lowest BCUT2D eigenvalue weighted by molar-refractivity contribution is 0.0872. The van der Waals surface area contributed by atoms with E-state index in [1.807, 2.05) is 24.3 Å². The zero-order valence-corrected chi connectivity index (χ0v) is 13.7. The molecule has 5 heteroatoms. The Hall–Kier alpha value is -1.70. The highest BCUT2D eigenvalue weighted by atomic mass is 35.5. The van der Waals surface area contributed by atoms with Crippen molar-refractivity contribution in [2.45, 2.75) is 19.9 Å². The summed E-state index contributed by atoms with van der Waals surface area (Å²) in [4.78, 5) is 14.7. The average molecular weight is 321 g/mol. The molecule has 1 amide bonds. The van der Waals surface area contributed by atoms with Crippen molar-refractivity contribution in [1.82, 2.24) is 9.80 Å². The van der Waals surface area contributed by atoms with Crippen molar-refractivity contribution in [3.63, 3.8) is 0 Å². The molecule has 1 aromatic carbocycles. The zero-order valence-electron chi connectivity index (χ0n) is 12.9. The SMILES string of the molecule is CC(C)C(C#Cc1cccc(Cl)c1)N1CCN(C(=O)O)CC1. The van der Waals surface area contributed by atoms with Crippen molar-refractivity contribution in [1.29, 1.82) is 0 Å². The Bertz CT molecular complexity index is 584. The highest BCUT2D eigenvalue weighted by molar-refractivity contribution is 6.30. The number of amides is 1. The van der Waals surface area contributed by atoms with E-state index in [4.69, 9.17) is 16.7 Å². The van der Waals surface area contributed by atoms with Crippen LogP contribution in [0.4, 0.5) is 4.79 Å². The number of hydrogen-bond acceptors (Lipinski definition) is 2. The minimum atomic E-state index is -0.842. The van der Waals surface area contributed by atoms with Crippen molar-refractivity contribution in [3.05, 3.63) is 34.9 Å². The maximum atomic E-state index is 11.0. The van der Waals surface area contributed by atoms with E-state index < -0.39 is 6.09 Å². The Morgan fingerprint density at radius 3 is 2.50 bits per heavy atom. The lowest BCUT2D eigenvalue weighted by atomic mass is 10.0. The molecule has 0 spiro atoms. The maximum Gasteiger partial charge on any atom is 0.407 e. The van der Waals surface area contributed by atoms with Crippen molar-refractivity contribution < 1.29 is 9.90 Å². The highest BCUT2D eigenvalue weighted by Crippen LogP contribution is 2.14. The van der Waals surface area contributed by atoms with Gasteiger partial charge in [0.05, 0.1) is 6.04 Å². The summed E-state index contributed by atoms with van der Waals surface area (Å²) in [6, 6.07) is 7.64. The molecule has 0 bridgehead atoms. The molecule has 1 N–H and O–H groups in total. The van der Waals surface area contributed by atoms with Gasteiger partial charge in [-0.2, -0.15) is 0 Å². The van der Waals surface area contributed by atoms with Crippen LogP contribution in [0.2, 0.25) is 5.02 Å². The van der Waals surface area contributed by atoms with Gasteiger partial charge in [-0.25, -0.2) is 4.79 Å². The van der Waals surface area contributed by atoms with E-state index in [0.29, 0.717) is 24.0 Å². The fraction of sp³-hybridized carbons (Fsp3) is 0.471. The molecule has 1 unspecified atom stereocenters. The number of carboxylic acid groups (broad SMARTS) is 1. The number of nitrogens with zero attached hydrogens (tertiary/aromatic N) is 2. The molecule has 1 aliphatic rings. The van der Waals surface area contributed by atoms with Crippen LogP contribution in [-0.2, 0) is 0 Å². The largest absolute Gasteiger partial charge is 0.465 e. The first-order valence-electron chi connectivity index (χ1n) is 7.46. The second kappa shape index (κ2) is 7.53. The fourth-order valence-corrected chi connectivity index (χ4v) is 2.78. The minimum Gasteiger partial charge on any atom is -0.465 e. The van der Waals surface area contributed by atoms with Crippen molar-refractivity contribution in [3.8, 4) is 11.8 Å². The summed E-state index contributed by atoms with van der Waals surface area (Å²) in [5, 5.41) is 9.70. The van der Waals surface area contributed by atoms with Gasteiger partial charge >= 0.3 is 6.09 Å². The Balaban J connectivity index is 2.07. The van der Waals surface area contributed by atoms with E-state index in [0.717, 1.165) is 18.7 Å². The Kier molecular flexibility index (Phi) is 5.70. The molecule has 1 atom stereocenters. The van der Waals surface area contributed by atoms with Crippen LogP contribution >= 0.6 is 11.6 Å². The summed E-state index contributed by atoms with van der Waals surface area (Å²) in [7, 11) is 0. The van der Waals surface area contributed by atoms with E-state index >= 15 is 0 Å². The average Bonchev–Trinajstić information content (AvgIpc) is 2.47. The van der Waals surface area contributed by atoms with Crippen LogP contribution in [0.25, 0.3) is 0 Å². The topological polar surface area (TPSA) is 43.8 Å². The van der Waals surface area contributed by atoms with Gasteiger partial charge in [0.15, 0.2) is 0 Å². The summed E-state index contributed by atoms with van der Waals surface area (Å²) >= 11 is 5.98. The van der Waals surface area contributed by atoms with Crippen LogP contribution in [0.3, 0.4) is 0 Å². The fourth-order valence-electron chi connectivity index (χ4n) is 2.59. The lowest BCUT2D eigenvalue weighted by Gasteiger charge is -2.37. The molecule has 2 rings (SSSR count). The second-order valence-corrected chi connectivity index (χ2v) is 6.21. The zero-order chi connectivity index (χ0) is 16.1. The molecule has 1 aliphatic heterocycles. The van der Waals surface area contributed by atoms with Crippen LogP contribution < -0.4 is 0 Å². The molecule has 0 saturated carbocycles.